The van der Waals surface area contributed by atoms with Gasteiger partial charge in [0, 0.05) is 25.2 Å². The van der Waals surface area contributed by atoms with Crippen molar-refractivity contribution >= 4 is 15.9 Å². The molecular weight excluding hydrogens is 430 g/mol. The molecule has 2 atom stereocenters. The average Bonchev–Trinajstić information content (AvgIpc) is 2.72. The Morgan fingerprint density at radius 1 is 1.10 bits per heavy atom. The molecule has 1 aliphatic heterocycles. The number of hydrogen-bond acceptors (Lipinski definition) is 5. The van der Waals surface area contributed by atoms with E-state index in [0.29, 0.717) is 11.1 Å². The molecule has 168 valence electrons. The summed E-state index contributed by atoms with van der Waals surface area (Å²) < 4.78 is 61.4. The Labute approximate surface area is 180 Å². The van der Waals surface area contributed by atoms with Gasteiger partial charge in [-0.3, -0.25) is 4.79 Å². The van der Waals surface area contributed by atoms with E-state index >= 15 is 0 Å². The van der Waals surface area contributed by atoms with Gasteiger partial charge in [-0.25, -0.2) is 8.42 Å². The summed E-state index contributed by atoms with van der Waals surface area (Å²) in [6.07, 6.45) is -0.390. The molecular formula is C21H24F2N2O5S. The lowest BCUT2D eigenvalue weighted by molar-refractivity contribution is -0.0498. The van der Waals surface area contributed by atoms with E-state index in [1.54, 1.807) is 12.1 Å². The minimum absolute atomic E-state index is 0.0333. The average molecular weight is 454 g/mol. The van der Waals surface area contributed by atoms with E-state index in [0.717, 1.165) is 0 Å². The largest absolute Gasteiger partial charge is 0.435 e. The van der Waals surface area contributed by atoms with Gasteiger partial charge in [0.25, 0.3) is 5.91 Å². The molecule has 0 bridgehead atoms. The van der Waals surface area contributed by atoms with Gasteiger partial charge in [0.05, 0.1) is 17.1 Å². The number of morpholine rings is 1. The minimum atomic E-state index is -3.68. The zero-order chi connectivity index (χ0) is 22.6. The van der Waals surface area contributed by atoms with Crippen LogP contribution in [-0.2, 0) is 21.3 Å². The molecule has 1 fully saturated rings. The van der Waals surface area contributed by atoms with Gasteiger partial charge >= 0.3 is 6.61 Å². The van der Waals surface area contributed by atoms with Gasteiger partial charge in [0.1, 0.15) is 5.75 Å². The molecule has 2 aromatic rings. The van der Waals surface area contributed by atoms with Crippen LogP contribution in [0.5, 0.6) is 5.75 Å². The quantitative estimate of drug-likeness (QED) is 0.695. The van der Waals surface area contributed by atoms with Crippen LogP contribution in [0.1, 0.15) is 29.8 Å². The van der Waals surface area contributed by atoms with Gasteiger partial charge in [-0.1, -0.05) is 12.1 Å². The Kier molecular flexibility index (Phi) is 7.24. The second-order valence-corrected chi connectivity index (χ2v) is 9.25. The molecule has 0 aromatic heterocycles. The van der Waals surface area contributed by atoms with Crippen molar-refractivity contribution < 1.29 is 31.5 Å². The lowest BCUT2D eigenvalue weighted by Crippen LogP contribution is -2.48. The van der Waals surface area contributed by atoms with Crippen LogP contribution >= 0.6 is 0 Å². The summed E-state index contributed by atoms with van der Waals surface area (Å²) in [4.78, 5) is 12.5. The highest BCUT2D eigenvalue weighted by Gasteiger charge is 2.32. The summed E-state index contributed by atoms with van der Waals surface area (Å²) >= 11 is 0. The van der Waals surface area contributed by atoms with Crippen molar-refractivity contribution in [1.82, 2.24) is 9.62 Å². The van der Waals surface area contributed by atoms with Crippen molar-refractivity contribution in [2.75, 3.05) is 13.1 Å². The van der Waals surface area contributed by atoms with Crippen molar-refractivity contribution in [1.29, 1.82) is 0 Å². The maximum atomic E-state index is 12.9. The van der Waals surface area contributed by atoms with E-state index in [-0.39, 0.29) is 48.4 Å². The third-order valence-corrected chi connectivity index (χ3v) is 6.59. The first-order valence-electron chi connectivity index (χ1n) is 9.73. The smallest absolute Gasteiger partial charge is 0.387 e. The molecule has 1 saturated heterocycles. The van der Waals surface area contributed by atoms with Crippen LogP contribution in [0.2, 0.25) is 0 Å². The number of nitrogens with one attached hydrogen (secondary N) is 1. The number of benzene rings is 2. The monoisotopic (exact) mass is 454 g/mol. The topological polar surface area (TPSA) is 84.9 Å². The Balaban J connectivity index is 1.61. The minimum Gasteiger partial charge on any atom is -0.435 e. The molecule has 3 rings (SSSR count). The second-order valence-electron chi connectivity index (χ2n) is 7.31. The first-order chi connectivity index (χ1) is 14.6. The van der Waals surface area contributed by atoms with E-state index in [9.17, 15) is 22.0 Å². The van der Waals surface area contributed by atoms with E-state index in [2.05, 4.69) is 10.1 Å². The fraction of sp³-hybridized carbons (Fsp3) is 0.381. The van der Waals surface area contributed by atoms with Crippen molar-refractivity contribution in [3.8, 4) is 5.75 Å². The summed E-state index contributed by atoms with van der Waals surface area (Å²) in [5, 5.41) is 2.70. The Morgan fingerprint density at radius 3 is 2.23 bits per heavy atom. The predicted molar refractivity (Wildman–Crippen MR) is 109 cm³/mol. The summed E-state index contributed by atoms with van der Waals surface area (Å²) in [6, 6.07) is 11.6. The number of nitrogens with zero attached hydrogens (tertiary/aromatic N) is 1. The van der Waals surface area contributed by atoms with Crippen LogP contribution in [0.15, 0.2) is 53.4 Å². The lowest BCUT2D eigenvalue weighted by atomic mass is 10.2. The van der Waals surface area contributed by atoms with Crippen LogP contribution < -0.4 is 10.1 Å². The number of hydrogen-bond donors (Lipinski definition) is 1. The molecule has 2 aromatic carbocycles. The van der Waals surface area contributed by atoms with Gasteiger partial charge < -0.3 is 14.8 Å². The van der Waals surface area contributed by atoms with Crippen molar-refractivity contribution in [3.05, 3.63) is 59.7 Å². The summed E-state index contributed by atoms with van der Waals surface area (Å²) in [5.74, 6) is -0.351. The van der Waals surface area contributed by atoms with E-state index in [4.69, 9.17) is 4.74 Å². The predicted octanol–water partition coefficient (Wildman–Crippen LogP) is 3.02. The Morgan fingerprint density at radius 2 is 1.68 bits per heavy atom. The van der Waals surface area contributed by atoms with Gasteiger partial charge in [0.2, 0.25) is 10.0 Å². The third-order valence-electron chi connectivity index (χ3n) is 4.74. The van der Waals surface area contributed by atoms with Gasteiger partial charge in [-0.15, -0.1) is 0 Å². The first kappa shape index (κ1) is 23.1. The highest BCUT2D eigenvalue weighted by atomic mass is 32.2. The third kappa shape index (κ3) is 5.99. The van der Waals surface area contributed by atoms with Gasteiger partial charge in [0.15, 0.2) is 0 Å². The number of halogens is 2. The number of alkyl halides is 2. The molecule has 1 amide bonds. The number of ether oxygens (including phenoxy) is 2. The van der Waals surface area contributed by atoms with E-state index in [1.165, 1.54) is 40.7 Å². The summed E-state index contributed by atoms with van der Waals surface area (Å²) in [6.45, 7) is 1.48. The SMILES string of the molecule is CC1CN(S(=O)(=O)c2ccc(C(=O)NCc3ccc(OC(F)F)cc3)cc2)CC(C)O1. The fourth-order valence-corrected chi connectivity index (χ4v) is 4.92. The molecule has 0 saturated carbocycles. The second kappa shape index (κ2) is 9.71. The number of amides is 1. The van der Waals surface area contributed by atoms with Crippen LogP contribution in [0.3, 0.4) is 0 Å². The molecule has 10 heteroatoms. The lowest BCUT2D eigenvalue weighted by Gasteiger charge is -2.34. The van der Waals surface area contributed by atoms with Crippen molar-refractivity contribution in [2.45, 2.75) is 44.1 Å². The van der Waals surface area contributed by atoms with E-state index < -0.39 is 16.6 Å². The van der Waals surface area contributed by atoms with Gasteiger partial charge in [-0.2, -0.15) is 13.1 Å². The highest BCUT2D eigenvalue weighted by Crippen LogP contribution is 2.21. The number of rotatable bonds is 7. The van der Waals surface area contributed by atoms with E-state index in [1.807, 2.05) is 13.8 Å². The molecule has 1 aliphatic rings. The zero-order valence-corrected chi connectivity index (χ0v) is 17.9. The highest BCUT2D eigenvalue weighted by molar-refractivity contribution is 7.89. The number of sulfonamides is 1. The maximum Gasteiger partial charge on any atom is 0.387 e. The molecule has 0 radical (unpaired) electrons. The van der Waals surface area contributed by atoms with Crippen molar-refractivity contribution in [2.24, 2.45) is 0 Å². The molecule has 1 N–H and O–H groups in total. The van der Waals surface area contributed by atoms with Crippen LogP contribution in [-0.4, -0.2) is 50.5 Å². The fourth-order valence-electron chi connectivity index (χ4n) is 3.33. The van der Waals surface area contributed by atoms with Crippen molar-refractivity contribution in [3.63, 3.8) is 0 Å². The number of carbonyl (C=O) groups is 1. The van der Waals surface area contributed by atoms with Crippen LogP contribution in [0.25, 0.3) is 0 Å². The zero-order valence-electron chi connectivity index (χ0n) is 17.1. The maximum absolute atomic E-state index is 12.9. The van der Waals surface area contributed by atoms with Gasteiger partial charge in [-0.05, 0) is 55.8 Å². The first-order valence-corrected chi connectivity index (χ1v) is 11.2. The standard InChI is InChI=1S/C21H24F2N2O5S/c1-14-12-25(13-15(2)29-14)31(27,28)19-9-5-17(6-10-19)20(26)24-11-16-3-7-18(8-4-16)30-21(22)23/h3-10,14-15,21H,11-13H2,1-2H3,(H,24,26). The van der Waals surface area contributed by atoms with Crippen LogP contribution in [0, 0.1) is 0 Å². The summed E-state index contributed by atoms with van der Waals surface area (Å²) in [5.41, 5.74) is 1.00. The Bertz CT molecular complexity index is 987. The molecule has 1 heterocycles. The molecule has 0 aliphatic carbocycles. The normalized spacial score (nSPS) is 19.9. The molecule has 7 nitrogen and oxygen atoms in total. The Hall–Kier alpha value is -2.56. The molecule has 0 spiro atoms. The summed E-state index contributed by atoms with van der Waals surface area (Å²) in [7, 11) is -3.68. The van der Waals surface area contributed by atoms with Crippen LogP contribution in [0.4, 0.5) is 8.78 Å². The molecule has 2 unspecified atom stereocenters. The number of carbonyl (C=O) groups excluding carboxylic acids is 1. The molecule has 31 heavy (non-hydrogen) atoms.